The largest absolute Gasteiger partial charge is 0.374 e. The molecule has 66 valence electrons. The van der Waals surface area contributed by atoms with Crippen molar-refractivity contribution in [2.75, 3.05) is 19.8 Å². The van der Waals surface area contributed by atoms with E-state index in [0.29, 0.717) is 19.8 Å². The van der Waals surface area contributed by atoms with Crippen LogP contribution < -0.4 is 0 Å². The third-order valence-corrected chi connectivity index (χ3v) is 1.77. The molecule has 0 amide bonds. The Labute approximate surface area is 73.2 Å². The lowest BCUT2D eigenvalue weighted by molar-refractivity contribution is 0.0673. The Balaban J connectivity index is 2.27. The first-order valence-electron chi connectivity index (χ1n) is 3.91. The molecule has 1 aliphatic heterocycles. The molecule has 2 nitrogen and oxygen atoms in total. The predicted molar refractivity (Wildman–Crippen MR) is 49.0 cm³/mol. The maximum Gasteiger partial charge on any atom is 0.104 e. The summed E-state index contributed by atoms with van der Waals surface area (Å²) in [5.74, 6) is 0. The van der Waals surface area contributed by atoms with Crippen molar-refractivity contribution in [2.24, 2.45) is 0 Å². The number of ether oxygens (including phenoxy) is 2. The summed E-state index contributed by atoms with van der Waals surface area (Å²) in [6.45, 7) is 12.9. The zero-order valence-electron chi connectivity index (χ0n) is 7.21. The van der Waals surface area contributed by atoms with Gasteiger partial charge < -0.3 is 9.47 Å². The minimum absolute atomic E-state index is 0.0432. The zero-order chi connectivity index (χ0) is 8.97. The summed E-state index contributed by atoms with van der Waals surface area (Å²) in [5.41, 5.74) is 1.89. The average molecular weight is 166 g/mol. The molecule has 1 unspecified atom stereocenters. The van der Waals surface area contributed by atoms with Gasteiger partial charge in [0.1, 0.15) is 6.10 Å². The second-order valence-electron chi connectivity index (χ2n) is 2.84. The van der Waals surface area contributed by atoms with Crippen LogP contribution in [0.5, 0.6) is 0 Å². The van der Waals surface area contributed by atoms with Gasteiger partial charge >= 0.3 is 0 Å². The van der Waals surface area contributed by atoms with E-state index in [4.69, 9.17) is 9.47 Å². The molecule has 1 aliphatic rings. The summed E-state index contributed by atoms with van der Waals surface area (Å²) in [4.78, 5) is 0. The van der Waals surface area contributed by atoms with Crippen molar-refractivity contribution >= 4 is 0 Å². The Morgan fingerprint density at radius 3 is 3.00 bits per heavy atom. The fourth-order valence-corrected chi connectivity index (χ4v) is 0.940. The van der Waals surface area contributed by atoms with Gasteiger partial charge in [-0.05, 0) is 11.1 Å². The van der Waals surface area contributed by atoms with Crippen molar-refractivity contribution in [1.82, 2.24) is 0 Å². The van der Waals surface area contributed by atoms with Gasteiger partial charge in [-0.2, -0.15) is 0 Å². The monoisotopic (exact) mass is 166 g/mol. The molecule has 0 aromatic carbocycles. The maximum atomic E-state index is 5.47. The Hall–Kier alpha value is -0.860. The minimum atomic E-state index is 0.0432. The van der Waals surface area contributed by atoms with E-state index in [1.165, 1.54) is 0 Å². The Morgan fingerprint density at radius 2 is 2.50 bits per heavy atom. The van der Waals surface area contributed by atoms with Gasteiger partial charge in [-0.1, -0.05) is 25.8 Å². The van der Waals surface area contributed by atoms with Gasteiger partial charge in [-0.25, -0.2) is 0 Å². The molecule has 0 aliphatic carbocycles. The molecular formula is C10H14O2. The van der Waals surface area contributed by atoms with E-state index in [2.05, 4.69) is 19.7 Å². The van der Waals surface area contributed by atoms with Crippen molar-refractivity contribution in [3.8, 4) is 0 Å². The number of hydrogen-bond donors (Lipinski definition) is 0. The van der Waals surface area contributed by atoms with Gasteiger partial charge in [0.25, 0.3) is 0 Å². The van der Waals surface area contributed by atoms with E-state index in [0.717, 1.165) is 11.1 Å². The number of hydrogen-bond acceptors (Lipinski definition) is 2. The summed E-state index contributed by atoms with van der Waals surface area (Å²) >= 11 is 0. The van der Waals surface area contributed by atoms with Crippen molar-refractivity contribution in [3.05, 3.63) is 37.0 Å². The van der Waals surface area contributed by atoms with Gasteiger partial charge in [0.05, 0.1) is 19.8 Å². The maximum absolute atomic E-state index is 5.47. The first-order chi connectivity index (χ1) is 5.74. The van der Waals surface area contributed by atoms with Crippen molar-refractivity contribution in [2.45, 2.75) is 6.10 Å². The fraction of sp³-hybridized carbons (Fsp3) is 0.400. The lowest BCUT2D eigenvalue weighted by atomic mass is 10.2. The molecule has 0 radical (unpaired) electrons. The quantitative estimate of drug-likeness (QED) is 0.467. The zero-order valence-corrected chi connectivity index (χ0v) is 7.21. The summed E-state index contributed by atoms with van der Waals surface area (Å²) in [6, 6.07) is 0. The van der Waals surface area contributed by atoms with Gasteiger partial charge in [0.15, 0.2) is 0 Å². The molecule has 0 saturated carbocycles. The van der Waals surface area contributed by atoms with Crippen molar-refractivity contribution in [1.29, 1.82) is 0 Å². The van der Waals surface area contributed by atoms with E-state index < -0.39 is 0 Å². The summed E-state index contributed by atoms with van der Waals surface area (Å²) in [5, 5.41) is 0. The minimum Gasteiger partial charge on any atom is -0.374 e. The Kier molecular flexibility index (Phi) is 3.26. The van der Waals surface area contributed by atoms with Crippen molar-refractivity contribution < 1.29 is 9.47 Å². The molecule has 12 heavy (non-hydrogen) atoms. The highest BCUT2D eigenvalue weighted by Crippen LogP contribution is 2.14. The highest BCUT2D eigenvalue weighted by Gasteiger charge is 2.19. The van der Waals surface area contributed by atoms with Crippen LogP contribution in [0.1, 0.15) is 0 Å². The van der Waals surface area contributed by atoms with Gasteiger partial charge in [0.2, 0.25) is 0 Å². The third-order valence-electron chi connectivity index (χ3n) is 1.77. The molecule has 1 heterocycles. The molecule has 2 heteroatoms. The van der Waals surface area contributed by atoms with Crippen LogP contribution in [-0.2, 0) is 9.47 Å². The van der Waals surface area contributed by atoms with E-state index in [1.54, 1.807) is 6.08 Å². The fourth-order valence-electron chi connectivity index (χ4n) is 0.940. The molecule has 1 atom stereocenters. The SMILES string of the molecule is C=CC(=C)COC1COCC1=C. The molecule has 0 spiro atoms. The highest BCUT2D eigenvalue weighted by atomic mass is 16.5. The van der Waals surface area contributed by atoms with Gasteiger partial charge in [-0.3, -0.25) is 0 Å². The lowest BCUT2D eigenvalue weighted by Crippen LogP contribution is -2.15. The van der Waals surface area contributed by atoms with Crippen LogP contribution in [0.25, 0.3) is 0 Å². The van der Waals surface area contributed by atoms with Gasteiger partial charge in [-0.15, -0.1) is 0 Å². The standard InChI is InChI=1S/C10H14O2/c1-4-8(2)5-12-10-7-11-6-9(10)3/h4,10H,1-3,5-7H2. The molecular weight excluding hydrogens is 152 g/mol. The Morgan fingerprint density at radius 1 is 1.75 bits per heavy atom. The topological polar surface area (TPSA) is 18.5 Å². The van der Waals surface area contributed by atoms with E-state index in [-0.39, 0.29) is 6.10 Å². The van der Waals surface area contributed by atoms with E-state index >= 15 is 0 Å². The second kappa shape index (κ2) is 4.24. The molecule has 0 aromatic heterocycles. The molecule has 1 saturated heterocycles. The van der Waals surface area contributed by atoms with Gasteiger partial charge in [0, 0.05) is 0 Å². The number of rotatable bonds is 4. The third kappa shape index (κ3) is 2.32. The van der Waals surface area contributed by atoms with Crippen molar-refractivity contribution in [3.63, 3.8) is 0 Å². The summed E-state index contributed by atoms with van der Waals surface area (Å²) in [7, 11) is 0. The predicted octanol–water partition coefficient (Wildman–Crippen LogP) is 1.70. The lowest BCUT2D eigenvalue weighted by Gasteiger charge is -2.10. The van der Waals surface area contributed by atoms with Crippen LogP contribution in [-0.4, -0.2) is 25.9 Å². The van der Waals surface area contributed by atoms with E-state index in [9.17, 15) is 0 Å². The molecule has 0 aromatic rings. The normalized spacial score (nSPS) is 22.7. The summed E-state index contributed by atoms with van der Waals surface area (Å²) in [6.07, 6.45) is 1.74. The summed E-state index contributed by atoms with van der Waals surface area (Å²) < 4.78 is 10.6. The highest BCUT2D eigenvalue weighted by molar-refractivity contribution is 5.13. The smallest absolute Gasteiger partial charge is 0.104 e. The van der Waals surface area contributed by atoms with Crippen LogP contribution >= 0.6 is 0 Å². The van der Waals surface area contributed by atoms with Crippen LogP contribution in [0.2, 0.25) is 0 Å². The van der Waals surface area contributed by atoms with Crippen LogP contribution in [0.3, 0.4) is 0 Å². The average Bonchev–Trinajstić information content (AvgIpc) is 2.47. The van der Waals surface area contributed by atoms with Crippen LogP contribution in [0, 0.1) is 0 Å². The van der Waals surface area contributed by atoms with E-state index in [1.807, 2.05) is 0 Å². The molecule has 1 rings (SSSR count). The Bertz CT molecular complexity index is 206. The van der Waals surface area contributed by atoms with Crippen LogP contribution in [0.15, 0.2) is 37.0 Å². The first kappa shape index (κ1) is 9.23. The molecule has 1 fully saturated rings. The van der Waals surface area contributed by atoms with Crippen LogP contribution in [0.4, 0.5) is 0 Å². The molecule has 0 N–H and O–H groups in total. The second-order valence-corrected chi connectivity index (χ2v) is 2.84. The first-order valence-corrected chi connectivity index (χ1v) is 3.91. The molecule has 0 bridgehead atoms.